The number of hydrogen-bond donors (Lipinski definition) is 3. The minimum atomic E-state index is -0.868. The fourth-order valence-electron chi connectivity index (χ4n) is 6.86. The van der Waals surface area contributed by atoms with Gasteiger partial charge in [-0.2, -0.15) is 5.10 Å². The number of ether oxygens (including phenoxy) is 1. The first-order valence-electron chi connectivity index (χ1n) is 15.5. The molecular weight excluding hydrogens is 530 g/mol. The van der Waals surface area contributed by atoms with Crippen LogP contribution >= 0.6 is 0 Å². The van der Waals surface area contributed by atoms with Gasteiger partial charge in [-0.25, -0.2) is 0 Å². The maximum Gasteiger partial charge on any atom is 0.270 e. The Kier molecular flexibility index (Phi) is 8.52. The number of hydrogen-bond acceptors (Lipinski definition) is 5. The van der Waals surface area contributed by atoms with Crippen LogP contribution in [0.25, 0.3) is 0 Å². The van der Waals surface area contributed by atoms with Gasteiger partial charge in [0, 0.05) is 32.6 Å². The van der Waals surface area contributed by atoms with Gasteiger partial charge in [0.1, 0.15) is 11.7 Å². The normalized spacial score (nSPS) is 21.5. The summed E-state index contributed by atoms with van der Waals surface area (Å²) in [5.41, 5.74) is 1.22. The molecular formula is C33H47N5O4. The van der Waals surface area contributed by atoms with Crippen molar-refractivity contribution < 1.29 is 19.1 Å². The maximum atomic E-state index is 13.9. The van der Waals surface area contributed by atoms with Crippen molar-refractivity contribution >= 4 is 23.4 Å². The number of carbonyl (C=O) groups excluding carboxylic acids is 3. The monoisotopic (exact) mass is 577 g/mol. The van der Waals surface area contributed by atoms with Crippen molar-refractivity contribution in [3.8, 4) is 0 Å². The number of amides is 3. The summed E-state index contributed by atoms with van der Waals surface area (Å²) in [5, 5.41) is 13.5. The lowest BCUT2D eigenvalue weighted by molar-refractivity contribution is -0.129. The summed E-state index contributed by atoms with van der Waals surface area (Å²) >= 11 is 0. The van der Waals surface area contributed by atoms with E-state index in [1.165, 1.54) is 11.1 Å². The summed E-state index contributed by atoms with van der Waals surface area (Å²) in [6, 6.07) is 8.43. The van der Waals surface area contributed by atoms with E-state index in [2.05, 4.69) is 34.9 Å². The molecule has 228 valence electrons. The molecule has 9 nitrogen and oxygen atoms in total. The molecule has 0 bridgehead atoms. The highest BCUT2D eigenvalue weighted by Crippen LogP contribution is 2.58. The van der Waals surface area contributed by atoms with Gasteiger partial charge < -0.3 is 20.7 Å². The summed E-state index contributed by atoms with van der Waals surface area (Å²) in [6.07, 6.45) is 10.5. The molecule has 0 saturated heterocycles. The molecule has 1 heterocycles. The molecule has 0 aliphatic heterocycles. The number of aryl methyl sites for hydroxylation is 1. The van der Waals surface area contributed by atoms with Crippen LogP contribution in [0.5, 0.6) is 0 Å². The largest absolute Gasteiger partial charge is 0.383 e. The molecule has 3 aliphatic rings. The van der Waals surface area contributed by atoms with Crippen molar-refractivity contribution in [2.24, 2.45) is 29.7 Å². The van der Waals surface area contributed by atoms with Gasteiger partial charge in [-0.1, -0.05) is 51.7 Å². The zero-order valence-electron chi connectivity index (χ0n) is 25.8. The van der Waals surface area contributed by atoms with E-state index in [0.717, 1.165) is 50.5 Å². The van der Waals surface area contributed by atoms with Crippen LogP contribution < -0.4 is 16.0 Å². The number of anilines is 1. The fourth-order valence-corrected chi connectivity index (χ4v) is 6.86. The summed E-state index contributed by atoms with van der Waals surface area (Å²) in [5.74, 6) is -0.0920. The summed E-state index contributed by atoms with van der Waals surface area (Å²) in [4.78, 5) is 40.6. The molecule has 3 fully saturated rings. The van der Waals surface area contributed by atoms with Crippen LogP contribution in [0.2, 0.25) is 0 Å². The van der Waals surface area contributed by atoms with Gasteiger partial charge in [0.25, 0.3) is 5.91 Å². The van der Waals surface area contributed by atoms with Crippen LogP contribution in [0.4, 0.5) is 5.69 Å². The second kappa shape index (κ2) is 11.8. The molecule has 3 saturated carbocycles. The van der Waals surface area contributed by atoms with Crippen LogP contribution in [-0.4, -0.2) is 53.8 Å². The first kappa shape index (κ1) is 30.3. The van der Waals surface area contributed by atoms with Crippen molar-refractivity contribution in [1.29, 1.82) is 0 Å². The van der Waals surface area contributed by atoms with Crippen LogP contribution in [0.3, 0.4) is 0 Å². The molecule has 2 unspecified atom stereocenters. The van der Waals surface area contributed by atoms with Gasteiger partial charge in [-0.05, 0) is 79.0 Å². The van der Waals surface area contributed by atoms with Crippen LogP contribution in [0.15, 0.2) is 36.5 Å². The van der Waals surface area contributed by atoms with E-state index >= 15 is 0 Å². The third-order valence-corrected chi connectivity index (χ3v) is 10.4. The van der Waals surface area contributed by atoms with E-state index in [9.17, 15) is 14.4 Å². The minimum Gasteiger partial charge on any atom is -0.383 e. The van der Waals surface area contributed by atoms with E-state index < -0.39 is 11.5 Å². The number of carbonyl (C=O) groups is 3. The molecule has 1 aromatic heterocycles. The van der Waals surface area contributed by atoms with Crippen molar-refractivity contribution in [3.05, 3.63) is 47.8 Å². The minimum absolute atomic E-state index is 0.0442. The highest BCUT2D eigenvalue weighted by molar-refractivity contribution is 6.01. The van der Waals surface area contributed by atoms with Gasteiger partial charge in [0.2, 0.25) is 11.8 Å². The van der Waals surface area contributed by atoms with Gasteiger partial charge >= 0.3 is 0 Å². The average Bonchev–Trinajstić information content (AvgIpc) is 3.52. The maximum absolute atomic E-state index is 13.9. The van der Waals surface area contributed by atoms with Gasteiger partial charge in [-0.15, -0.1) is 0 Å². The fraction of sp³-hybridized carbons (Fsp3) is 0.636. The Morgan fingerprint density at radius 3 is 2.26 bits per heavy atom. The van der Waals surface area contributed by atoms with E-state index in [1.54, 1.807) is 26.4 Å². The smallest absolute Gasteiger partial charge is 0.270 e. The Morgan fingerprint density at radius 1 is 1.07 bits per heavy atom. The number of nitrogens with one attached hydrogen (secondary N) is 3. The Balaban J connectivity index is 1.33. The van der Waals surface area contributed by atoms with Crippen molar-refractivity contribution in [1.82, 2.24) is 20.4 Å². The Morgan fingerprint density at radius 2 is 1.76 bits per heavy atom. The van der Waals surface area contributed by atoms with Gasteiger partial charge in [-0.3, -0.25) is 19.1 Å². The van der Waals surface area contributed by atoms with E-state index in [1.807, 2.05) is 31.2 Å². The van der Waals surface area contributed by atoms with Crippen LogP contribution in [0, 0.1) is 22.7 Å². The third kappa shape index (κ3) is 6.12. The molecule has 9 heteroatoms. The third-order valence-electron chi connectivity index (χ3n) is 10.4. The van der Waals surface area contributed by atoms with E-state index in [-0.39, 0.29) is 41.1 Å². The Labute approximate surface area is 249 Å². The lowest BCUT2D eigenvalue weighted by Crippen LogP contribution is -2.54. The average molecular weight is 578 g/mol. The molecule has 5 rings (SSSR count). The predicted molar refractivity (Wildman–Crippen MR) is 162 cm³/mol. The summed E-state index contributed by atoms with van der Waals surface area (Å²) < 4.78 is 7.01. The standard InChI is InChI=1S/C33H47N5O4/c1-31(15-7-16-31)20-34-30(41)33(3,21-42-5)23-10-12-24(13-11-23)36-29(40)27(37-28(39)25-14-19-35-38(25)4)26(22-8-6-9-22)32(2)17-18-32/h10-14,19,22,26-27H,6-9,15-18,20-21H2,1-5H3,(H,34,41)(H,36,40)(H,37,39)/t26?,27-,33?/m0/s1. The zero-order chi connectivity index (χ0) is 30.1. The zero-order valence-corrected chi connectivity index (χ0v) is 25.8. The lowest BCUT2D eigenvalue weighted by Gasteiger charge is -2.42. The van der Waals surface area contributed by atoms with Crippen LogP contribution in [-0.2, 0) is 26.8 Å². The molecule has 0 radical (unpaired) electrons. The molecule has 0 spiro atoms. The number of benzene rings is 1. The molecule has 1 aromatic carbocycles. The Bertz CT molecular complexity index is 1290. The molecule has 42 heavy (non-hydrogen) atoms. The molecule has 3 atom stereocenters. The van der Waals surface area contributed by atoms with E-state index in [0.29, 0.717) is 23.8 Å². The Hall–Kier alpha value is -3.20. The van der Waals surface area contributed by atoms with E-state index in [4.69, 9.17) is 4.74 Å². The molecule has 2 aromatic rings. The highest BCUT2D eigenvalue weighted by Gasteiger charge is 2.54. The quantitative estimate of drug-likeness (QED) is 0.322. The number of rotatable bonds is 13. The summed E-state index contributed by atoms with van der Waals surface area (Å²) in [6.45, 7) is 7.26. The molecule has 3 amide bonds. The first-order chi connectivity index (χ1) is 20.0. The van der Waals surface area contributed by atoms with Crippen molar-refractivity contribution in [2.45, 2.75) is 83.6 Å². The number of nitrogens with zero attached hydrogens (tertiary/aromatic N) is 2. The van der Waals surface area contributed by atoms with Crippen molar-refractivity contribution in [2.75, 3.05) is 25.6 Å². The summed E-state index contributed by atoms with van der Waals surface area (Å²) in [7, 11) is 3.33. The van der Waals surface area contributed by atoms with Gasteiger partial charge in [0.05, 0.1) is 12.0 Å². The number of aromatic nitrogens is 2. The highest BCUT2D eigenvalue weighted by atomic mass is 16.5. The lowest BCUT2D eigenvalue weighted by atomic mass is 9.66. The molecule has 3 N–H and O–H groups in total. The first-order valence-corrected chi connectivity index (χ1v) is 15.5. The topological polar surface area (TPSA) is 114 Å². The van der Waals surface area contributed by atoms with Crippen molar-refractivity contribution in [3.63, 3.8) is 0 Å². The number of methoxy groups -OCH3 is 1. The predicted octanol–water partition coefficient (Wildman–Crippen LogP) is 4.58. The van der Waals surface area contributed by atoms with Crippen LogP contribution in [0.1, 0.15) is 88.2 Å². The second-order valence-electron chi connectivity index (χ2n) is 13.8. The SMILES string of the molecule is COCC(C)(C(=O)NCC1(C)CCC1)c1ccc(NC(=O)[C@@H](NC(=O)c2ccnn2C)C(C2CCC2)C2(C)CC2)cc1. The van der Waals surface area contributed by atoms with Gasteiger partial charge in [0.15, 0.2) is 0 Å². The second-order valence-corrected chi connectivity index (χ2v) is 13.8. The molecule has 3 aliphatic carbocycles.